The highest BCUT2D eigenvalue weighted by molar-refractivity contribution is 5.81. The van der Waals surface area contributed by atoms with Gasteiger partial charge >= 0.3 is 0 Å². The fourth-order valence-corrected chi connectivity index (χ4v) is 3.87. The first-order valence-electron chi connectivity index (χ1n) is 10.2. The van der Waals surface area contributed by atoms with Gasteiger partial charge in [0.25, 0.3) is 0 Å². The van der Waals surface area contributed by atoms with Crippen LogP contribution >= 0.6 is 0 Å². The lowest BCUT2D eigenvalue weighted by molar-refractivity contribution is -0.133. The van der Waals surface area contributed by atoms with Crippen molar-refractivity contribution in [2.75, 3.05) is 26.8 Å². The molecule has 1 aromatic carbocycles. The number of piperidine rings is 1. The molecule has 1 heterocycles. The Morgan fingerprint density at radius 1 is 1.19 bits per heavy atom. The fraction of sp³-hybridized carbons (Fsp3) is 0.636. The number of carbonyl (C=O) groups excluding carboxylic acids is 2. The summed E-state index contributed by atoms with van der Waals surface area (Å²) >= 11 is 0. The molecule has 0 bridgehead atoms. The van der Waals surface area contributed by atoms with Crippen molar-refractivity contribution in [3.05, 3.63) is 35.9 Å². The lowest BCUT2D eigenvalue weighted by Gasteiger charge is -2.42. The van der Waals surface area contributed by atoms with Gasteiger partial charge in [0.2, 0.25) is 11.8 Å². The lowest BCUT2D eigenvalue weighted by Crippen LogP contribution is -2.57. The third-order valence-corrected chi connectivity index (χ3v) is 5.89. The molecule has 148 valence electrons. The number of benzene rings is 1. The van der Waals surface area contributed by atoms with E-state index in [4.69, 9.17) is 4.74 Å². The van der Waals surface area contributed by atoms with Crippen LogP contribution in [0.1, 0.15) is 50.5 Å². The van der Waals surface area contributed by atoms with Crippen molar-refractivity contribution in [1.82, 2.24) is 10.2 Å². The molecule has 0 aromatic heterocycles. The minimum absolute atomic E-state index is 0.189. The van der Waals surface area contributed by atoms with E-state index in [1.165, 1.54) is 5.56 Å². The molecule has 3 rings (SSSR count). The molecule has 5 heteroatoms. The monoisotopic (exact) mass is 372 g/mol. The summed E-state index contributed by atoms with van der Waals surface area (Å²) in [7, 11) is 1.70. The second kappa shape index (κ2) is 9.36. The van der Waals surface area contributed by atoms with Gasteiger partial charge < -0.3 is 15.0 Å². The van der Waals surface area contributed by atoms with Gasteiger partial charge in [0.05, 0.1) is 0 Å². The van der Waals surface area contributed by atoms with E-state index in [9.17, 15) is 9.59 Å². The molecule has 0 spiro atoms. The summed E-state index contributed by atoms with van der Waals surface area (Å²) in [5.74, 6) is 0.635. The first-order chi connectivity index (χ1) is 13.1. The standard InChI is InChI=1S/C22H32N2O3/c1-27-17-14-22(23-21(26)19-10-11-19)12-15-24(16-13-22)20(25)9-5-8-18-6-3-2-4-7-18/h2-4,6-7,19H,5,8-17H2,1H3,(H,23,26). The minimum Gasteiger partial charge on any atom is -0.385 e. The third kappa shape index (κ3) is 5.80. The topological polar surface area (TPSA) is 58.6 Å². The number of hydrogen-bond acceptors (Lipinski definition) is 3. The van der Waals surface area contributed by atoms with Gasteiger partial charge in [0.15, 0.2) is 0 Å². The van der Waals surface area contributed by atoms with Crippen LogP contribution in [0.25, 0.3) is 0 Å². The number of ether oxygens (including phenoxy) is 1. The van der Waals surface area contributed by atoms with Crippen molar-refractivity contribution in [2.45, 2.75) is 56.9 Å². The van der Waals surface area contributed by atoms with Crippen LogP contribution < -0.4 is 5.32 Å². The van der Waals surface area contributed by atoms with Crippen molar-refractivity contribution in [2.24, 2.45) is 5.92 Å². The van der Waals surface area contributed by atoms with Crippen LogP contribution in [0.3, 0.4) is 0 Å². The largest absolute Gasteiger partial charge is 0.385 e. The molecular formula is C22H32N2O3. The molecule has 2 fully saturated rings. The average molecular weight is 373 g/mol. The maximum absolute atomic E-state index is 12.6. The number of carbonyl (C=O) groups is 2. The molecule has 0 radical (unpaired) electrons. The van der Waals surface area contributed by atoms with E-state index in [1.54, 1.807) is 7.11 Å². The summed E-state index contributed by atoms with van der Waals surface area (Å²) < 4.78 is 5.26. The highest BCUT2D eigenvalue weighted by Crippen LogP contribution is 2.32. The summed E-state index contributed by atoms with van der Waals surface area (Å²) in [5, 5.41) is 3.30. The smallest absolute Gasteiger partial charge is 0.223 e. The van der Waals surface area contributed by atoms with Gasteiger partial charge in [-0.3, -0.25) is 9.59 Å². The van der Waals surface area contributed by atoms with Gasteiger partial charge in [-0.05, 0) is 50.5 Å². The number of hydrogen-bond donors (Lipinski definition) is 1. The Morgan fingerprint density at radius 2 is 1.89 bits per heavy atom. The van der Waals surface area contributed by atoms with Gasteiger partial charge in [0, 0.05) is 44.7 Å². The predicted molar refractivity (Wildman–Crippen MR) is 105 cm³/mol. The van der Waals surface area contributed by atoms with Crippen molar-refractivity contribution in [3.8, 4) is 0 Å². The second-order valence-corrected chi connectivity index (χ2v) is 8.01. The average Bonchev–Trinajstić information content (AvgIpc) is 3.53. The quantitative estimate of drug-likeness (QED) is 0.725. The maximum atomic E-state index is 12.6. The molecule has 1 saturated carbocycles. The van der Waals surface area contributed by atoms with Crippen molar-refractivity contribution >= 4 is 11.8 Å². The van der Waals surface area contributed by atoms with Crippen LogP contribution in [-0.4, -0.2) is 49.1 Å². The summed E-state index contributed by atoms with van der Waals surface area (Å²) in [6.45, 7) is 2.08. The molecule has 5 nitrogen and oxygen atoms in total. The number of nitrogens with one attached hydrogen (secondary N) is 1. The summed E-state index contributed by atoms with van der Waals surface area (Å²) in [4.78, 5) is 26.8. The molecule has 0 atom stereocenters. The number of nitrogens with zero attached hydrogens (tertiary/aromatic N) is 1. The zero-order valence-electron chi connectivity index (χ0n) is 16.4. The van der Waals surface area contributed by atoms with Gasteiger partial charge in [0.1, 0.15) is 0 Å². The summed E-state index contributed by atoms with van der Waals surface area (Å²) in [5.41, 5.74) is 1.07. The second-order valence-electron chi connectivity index (χ2n) is 8.01. The highest BCUT2D eigenvalue weighted by Gasteiger charge is 2.40. The van der Waals surface area contributed by atoms with Gasteiger partial charge in [-0.15, -0.1) is 0 Å². The number of amides is 2. The molecule has 1 saturated heterocycles. The zero-order chi connectivity index (χ0) is 19.1. The Bertz CT molecular complexity index is 620. The van der Waals surface area contributed by atoms with Crippen LogP contribution in [0, 0.1) is 5.92 Å². The molecule has 0 unspecified atom stereocenters. The molecule has 27 heavy (non-hydrogen) atoms. The number of rotatable bonds is 9. The molecule has 2 aliphatic rings. The third-order valence-electron chi connectivity index (χ3n) is 5.89. The molecule has 1 N–H and O–H groups in total. The Morgan fingerprint density at radius 3 is 2.52 bits per heavy atom. The Balaban J connectivity index is 1.46. The SMILES string of the molecule is COCCC1(NC(=O)C2CC2)CCN(C(=O)CCCc2ccccc2)CC1. The Hall–Kier alpha value is -1.88. The van der Waals surface area contributed by atoms with Crippen LogP contribution in [0.4, 0.5) is 0 Å². The van der Waals surface area contributed by atoms with E-state index in [0.717, 1.165) is 58.0 Å². The fourth-order valence-electron chi connectivity index (χ4n) is 3.87. The maximum Gasteiger partial charge on any atom is 0.223 e. The normalized spacial score (nSPS) is 18.9. The van der Waals surface area contributed by atoms with Gasteiger partial charge in [-0.1, -0.05) is 30.3 Å². The van der Waals surface area contributed by atoms with Crippen LogP contribution in [0.2, 0.25) is 0 Å². The van der Waals surface area contributed by atoms with Crippen molar-refractivity contribution in [1.29, 1.82) is 0 Å². The number of methoxy groups -OCH3 is 1. The van der Waals surface area contributed by atoms with Gasteiger partial charge in [-0.25, -0.2) is 0 Å². The predicted octanol–water partition coefficient (Wildman–Crippen LogP) is 2.93. The van der Waals surface area contributed by atoms with Crippen LogP contribution in [-0.2, 0) is 20.7 Å². The number of likely N-dealkylation sites (tertiary alicyclic amines) is 1. The van der Waals surface area contributed by atoms with E-state index in [2.05, 4.69) is 17.4 Å². The van der Waals surface area contributed by atoms with Crippen molar-refractivity contribution < 1.29 is 14.3 Å². The molecule has 2 amide bonds. The summed E-state index contributed by atoms with van der Waals surface area (Å²) in [6, 6.07) is 10.3. The van der Waals surface area contributed by atoms with E-state index < -0.39 is 0 Å². The van der Waals surface area contributed by atoms with Crippen LogP contribution in [0.5, 0.6) is 0 Å². The Labute approximate surface area is 162 Å². The first-order valence-corrected chi connectivity index (χ1v) is 10.2. The zero-order valence-corrected chi connectivity index (χ0v) is 16.4. The van der Waals surface area contributed by atoms with Gasteiger partial charge in [-0.2, -0.15) is 0 Å². The van der Waals surface area contributed by atoms with E-state index in [-0.39, 0.29) is 23.3 Å². The van der Waals surface area contributed by atoms with E-state index >= 15 is 0 Å². The molecule has 1 aromatic rings. The van der Waals surface area contributed by atoms with E-state index in [1.807, 2.05) is 23.1 Å². The first kappa shape index (κ1) is 19.9. The molecular weight excluding hydrogens is 340 g/mol. The summed E-state index contributed by atoms with van der Waals surface area (Å²) in [6.07, 6.45) is 6.89. The Kier molecular flexibility index (Phi) is 6.89. The van der Waals surface area contributed by atoms with E-state index in [0.29, 0.717) is 13.0 Å². The molecule has 1 aliphatic carbocycles. The molecule has 1 aliphatic heterocycles. The van der Waals surface area contributed by atoms with Crippen LogP contribution in [0.15, 0.2) is 30.3 Å². The minimum atomic E-state index is -0.212. The van der Waals surface area contributed by atoms with Crippen molar-refractivity contribution in [3.63, 3.8) is 0 Å². The highest BCUT2D eigenvalue weighted by atomic mass is 16.5. The number of aryl methyl sites for hydroxylation is 1. The lowest BCUT2D eigenvalue weighted by atomic mass is 9.84.